The second-order valence-electron chi connectivity index (χ2n) is 0.803. The molecular formula is C2HI3O2. The first-order valence-electron chi connectivity index (χ1n) is 1.24. The number of aliphatic carboxylic acids is 1. The molecular weight excluding hydrogens is 437 g/mol. The fourth-order valence-electron chi connectivity index (χ4n) is 0. The summed E-state index contributed by atoms with van der Waals surface area (Å²) in [7, 11) is 0. The summed E-state index contributed by atoms with van der Waals surface area (Å²) in [5.41, 5.74) is 0. The van der Waals surface area contributed by atoms with Crippen LogP contribution in [-0.4, -0.2) is 10.5 Å². The molecule has 0 spiro atoms. The first kappa shape index (κ1) is 8.66. The van der Waals surface area contributed by atoms with E-state index in [1.54, 1.807) is 0 Å². The topological polar surface area (TPSA) is 37.3 Å². The fourth-order valence-corrected chi connectivity index (χ4v) is 0. The Morgan fingerprint density at radius 2 is 1.57 bits per heavy atom. The van der Waals surface area contributed by atoms with E-state index in [0.717, 1.165) is 0 Å². The molecule has 42 valence electrons. The molecule has 0 amide bonds. The lowest BCUT2D eigenvalue weighted by molar-refractivity contribution is -0.134. The van der Waals surface area contributed by atoms with Crippen LogP contribution in [0.1, 0.15) is 0 Å². The molecule has 0 aromatic rings. The average Bonchev–Trinajstić information content (AvgIpc) is 1.31. The standard InChI is InChI=1S/C2HI3O2/c3-2(4,5)1(6)7/h(H,6,7). The second kappa shape index (κ2) is 2.99. The van der Waals surface area contributed by atoms with Gasteiger partial charge in [0.1, 0.15) is 0 Å². The summed E-state index contributed by atoms with van der Waals surface area (Å²) in [6.07, 6.45) is 0. The molecule has 0 saturated heterocycles. The maximum atomic E-state index is 10.00. The zero-order valence-electron chi connectivity index (χ0n) is 2.99. The molecule has 0 aromatic heterocycles. The SMILES string of the molecule is O=C(O)C(I)(I)I. The van der Waals surface area contributed by atoms with Crippen LogP contribution in [-0.2, 0) is 4.79 Å². The number of carboxylic acids is 1. The molecule has 2 nitrogen and oxygen atoms in total. The maximum Gasteiger partial charge on any atom is 0.339 e. The van der Waals surface area contributed by atoms with E-state index in [1.165, 1.54) is 0 Å². The lowest BCUT2D eigenvalue weighted by Gasteiger charge is -2.01. The van der Waals surface area contributed by atoms with Crippen molar-refractivity contribution in [2.45, 2.75) is -0.565 Å². The Morgan fingerprint density at radius 1 is 1.43 bits per heavy atom. The Morgan fingerprint density at radius 3 is 1.57 bits per heavy atom. The number of halogens is 3. The Kier molecular flexibility index (Phi) is 3.70. The molecule has 0 bridgehead atoms. The Labute approximate surface area is 81.8 Å². The maximum absolute atomic E-state index is 10.00. The fraction of sp³-hybridized carbons (Fsp3) is 0.500. The highest BCUT2D eigenvalue weighted by Crippen LogP contribution is 2.35. The number of hydrogen-bond acceptors (Lipinski definition) is 1. The van der Waals surface area contributed by atoms with Gasteiger partial charge in [-0.05, 0) is 67.8 Å². The highest BCUT2D eigenvalue weighted by molar-refractivity contribution is 14.3. The van der Waals surface area contributed by atoms with Crippen LogP contribution in [0.3, 0.4) is 0 Å². The first-order chi connectivity index (χ1) is 2.94. The lowest BCUT2D eigenvalue weighted by atomic mass is 10.8. The van der Waals surface area contributed by atoms with Gasteiger partial charge < -0.3 is 5.11 Å². The largest absolute Gasteiger partial charge is 0.479 e. The lowest BCUT2D eigenvalue weighted by Crippen LogP contribution is -2.14. The van der Waals surface area contributed by atoms with Crippen molar-refractivity contribution in [1.82, 2.24) is 0 Å². The Balaban J connectivity index is 3.79. The third-order valence-electron chi connectivity index (χ3n) is 0.243. The van der Waals surface area contributed by atoms with Crippen LogP contribution < -0.4 is 0 Å². The third kappa shape index (κ3) is 4.18. The molecule has 0 heterocycles. The van der Waals surface area contributed by atoms with Crippen molar-refractivity contribution in [1.29, 1.82) is 0 Å². The molecule has 7 heavy (non-hydrogen) atoms. The van der Waals surface area contributed by atoms with Crippen LogP contribution in [0, 0.1) is 0 Å². The minimum atomic E-state index is -0.797. The van der Waals surface area contributed by atoms with Crippen molar-refractivity contribution in [2.24, 2.45) is 0 Å². The molecule has 0 aliphatic carbocycles. The van der Waals surface area contributed by atoms with E-state index in [9.17, 15) is 4.79 Å². The highest BCUT2D eigenvalue weighted by atomic mass is 127. The molecule has 0 saturated carbocycles. The molecule has 0 aliphatic heterocycles. The molecule has 0 fully saturated rings. The number of hydrogen-bond donors (Lipinski definition) is 1. The van der Waals surface area contributed by atoms with E-state index in [4.69, 9.17) is 5.11 Å². The van der Waals surface area contributed by atoms with Crippen molar-refractivity contribution >= 4 is 73.7 Å². The zero-order chi connectivity index (χ0) is 6.08. The summed E-state index contributed by atoms with van der Waals surface area (Å²) in [4.78, 5) is 10.00. The summed E-state index contributed by atoms with van der Waals surface area (Å²) in [5.74, 6) is -0.797. The Hall–Kier alpha value is 1.66. The monoisotopic (exact) mass is 438 g/mol. The van der Waals surface area contributed by atoms with Gasteiger partial charge in [0.15, 0.2) is 0 Å². The summed E-state index contributed by atoms with van der Waals surface area (Å²) >= 11 is 5.52. The van der Waals surface area contributed by atoms with Crippen LogP contribution in [0.15, 0.2) is 0 Å². The summed E-state index contributed by atoms with van der Waals surface area (Å²) in [6, 6.07) is 0. The predicted octanol–water partition coefficient (Wildman–Crippen LogP) is 2.03. The van der Waals surface area contributed by atoms with E-state index in [2.05, 4.69) is 0 Å². The highest BCUT2D eigenvalue weighted by Gasteiger charge is 2.26. The van der Waals surface area contributed by atoms with Crippen LogP contribution in [0.25, 0.3) is 0 Å². The number of rotatable bonds is 1. The van der Waals surface area contributed by atoms with Crippen molar-refractivity contribution in [3.63, 3.8) is 0 Å². The van der Waals surface area contributed by atoms with Crippen molar-refractivity contribution in [2.75, 3.05) is 0 Å². The van der Waals surface area contributed by atoms with Crippen molar-refractivity contribution < 1.29 is 9.90 Å². The Bertz CT molecular complexity index is 83.4. The van der Waals surface area contributed by atoms with E-state index in [1.807, 2.05) is 67.8 Å². The molecule has 0 aromatic carbocycles. The van der Waals surface area contributed by atoms with Crippen molar-refractivity contribution in [3.8, 4) is 0 Å². The van der Waals surface area contributed by atoms with Gasteiger partial charge in [-0.3, -0.25) is 0 Å². The van der Waals surface area contributed by atoms with Gasteiger partial charge in [-0.1, -0.05) is 0 Å². The van der Waals surface area contributed by atoms with Gasteiger partial charge in [-0.25, -0.2) is 4.79 Å². The van der Waals surface area contributed by atoms with Gasteiger partial charge in [0, 0.05) is 0 Å². The number of carbonyl (C=O) groups is 1. The van der Waals surface area contributed by atoms with Gasteiger partial charge in [0.2, 0.25) is -0.565 Å². The first-order valence-corrected chi connectivity index (χ1v) is 4.48. The van der Waals surface area contributed by atoms with Crippen LogP contribution >= 0.6 is 67.8 Å². The van der Waals surface area contributed by atoms with Gasteiger partial charge in [-0.15, -0.1) is 0 Å². The minimum absolute atomic E-state index is 0.673. The number of carboxylic acid groups (broad SMARTS) is 1. The van der Waals surface area contributed by atoms with E-state index >= 15 is 0 Å². The van der Waals surface area contributed by atoms with Gasteiger partial charge >= 0.3 is 5.97 Å². The molecule has 5 heteroatoms. The summed E-state index contributed by atoms with van der Waals surface area (Å²) < 4.78 is -0.673. The van der Waals surface area contributed by atoms with Crippen LogP contribution in [0.2, 0.25) is 0 Å². The smallest absolute Gasteiger partial charge is 0.339 e. The average molecular weight is 438 g/mol. The molecule has 0 unspecified atom stereocenters. The quantitative estimate of drug-likeness (QED) is 0.503. The zero-order valence-corrected chi connectivity index (χ0v) is 9.46. The van der Waals surface area contributed by atoms with Crippen LogP contribution in [0.5, 0.6) is 0 Å². The summed E-state index contributed by atoms with van der Waals surface area (Å²) in [5, 5.41) is 8.23. The van der Waals surface area contributed by atoms with Crippen molar-refractivity contribution in [3.05, 3.63) is 0 Å². The number of alkyl halides is 3. The van der Waals surface area contributed by atoms with E-state index in [-0.39, 0.29) is 0 Å². The second-order valence-corrected chi connectivity index (χ2v) is 11.8. The van der Waals surface area contributed by atoms with Crippen LogP contribution in [0.4, 0.5) is 0 Å². The molecule has 0 rings (SSSR count). The van der Waals surface area contributed by atoms with Gasteiger partial charge in [0.25, 0.3) is 0 Å². The molecule has 1 N–H and O–H groups in total. The van der Waals surface area contributed by atoms with Gasteiger partial charge in [-0.2, -0.15) is 0 Å². The van der Waals surface area contributed by atoms with Gasteiger partial charge in [0.05, 0.1) is 0 Å². The molecule has 0 aliphatic rings. The third-order valence-corrected chi connectivity index (χ3v) is 1.63. The molecule has 0 radical (unpaired) electrons. The minimum Gasteiger partial charge on any atom is -0.479 e. The summed E-state index contributed by atoms with van der Waals surface area (Å²) in [6.45, 7) is 0. The van der Waals surface area contributed by atoms with E-state index in [0.29, 0.717) is 0 Å². The molecule has 0 atom stereocenters. The normalized spacial score (nSPS) is 11.3. The van der Waals surface area contributed by atoms with E-state index < -0.39 is 5.40 Å². The predicted molar refractivity (Wildman–Crippen MR) is 52.4 cm³/mol.